The largest absolute Gasteiger partial charge is 0.364 e. The van der Waals surface area contributed by atoms with Crippen molar-refractivity contribution in [3.8, 4) is 0 Å². The second-order valence-corrected chi connectivity index (χ2v) is 3.96. The highest BCUT2D eigenvalue weighted by molar-refractivity contribution is 5.93. The van der Waals surface area contributed by atoms with Crippen LogP contribution in [0.15, 0.2) is 17.0 Å². The zero-order chi connectivity index (χ0) is 10.6. The second kappa shape index (κ2) is 4.23. The van der Waals surface area contributed by atoms with Crippen LogP contribution in [0.3, 0.4) is 0 Å². The van der Waals surface area contributed by atoms with Crippen LogP contribution in [0, 0.1) is 5.41 Å². The van der Waals surface area contributed by atoms with E-state index in [2.05, 4.69) is 15.0 Å². The van der Waals surface area contributed by atoms with Crippen LogP contribution in [0.5, 0.6) is 0 Å². The smallest absolute Gasteiger partial charge is 0.256 e. The van der Waals surface area contributed by atoms with Crippen LogP contribution >= 0.6 is 0 Å². The van der Waals surface area contributed by atoms with Crippen LogP contribution in [0.2, 0.25) is 0 Å². The van der Waals surface area contributed by atoms with Gasteiger partial charge >= 0.3 is 0 Å². The number of hydrogen-bond acceptors (Lipinski definition) is 4. The Balaban J connectivity index is 2.43. The van der Waals surface area contributed by atoms with Crippen LogP contribution in [0.1, 0.15) is 24.2 Å². The summed E-state index contributed by atoms with van der Waals surface area (Å²) in [6.45, 7) is 5.03. The lowest BCUT2D eigenvalue weighted by atomic mass is 9.94. The minimum Gasteiger partial charge on any atom is -0.364 e. The van der Waals surface area contributed by atoms with E-state index in [1.807, 2.05) is 13.8 Å². The fourth-order valence-electron chi connectivity index (χ4n) is 0.811. The maximum atomic E-state index is 11.4. The quantitative estimate of drug-likeness (QED) is 0.731. The average molecular weight is 197 g/mol. The van der Waals surface area contributed by atoms with Gasteiger partial charge in [0, 0.05) is 6.54 Å². The van der Waals surface area contributed by atoms with E-state index in [0.717, 1.165) is 0 Å². The van der Waals surface area contributed by atoms with Crippen molar-refractivity contribution in [3.05, 3.63) is 18.0 Å². The van der Waals surface area contributed by atoms with E-state index in [9.17, 15) is 4.79 Å². The van der Waals surface area contributed by atoms with Gasteiger partial charge < -0.3 is 15.6 Å². The van der Waals surface area contributed by atoms with E-state index in [-0.39, 0.29) is 11.3 Å². The lowest BCUT2D eigenvalue weighted by Gasteiger charge is -2.22. The molecule has 0 aliphatic carbocycles. The lowest BCUT2D eigenvalue weighted by Crippen LogP contribution is -2.38. The Morgan fingerprint density at radius 1 is 1.71 bits per heavy atom. The molecule has 5 heteroatoms. The third-order valence-electron chi connectivity index (χ3n) is 1.97. The molecule has 5 nitrogen and oxygen atoms in total. The fraction of sp³-hybridized carbons (Fsp3) is 0.556. The molecule has 0 atom stereocenters. The molecule has 0 saturated heterocycles. The molecule has 78 valence electrons. The molecule has 1 amide bonds. The van der Waals surface area contributed by atoms with Gasteiger partial charge in [-0.05, 0) is 12.0 Å². The van der Waals surface area contributed by atoms with Crippen molar-refractivity contribution in [3.63, 3.8) is 0 Å². The highest BCUT2D eigenvalue weighted by Gasteiger charge is 2.17. The number of rotatable bonds is 4. The Labute approximate surface area is 82.6 Å². The van der Waals surface area contributed by atoms with Gasteiger partial charge in [-0.2, -0.15) is 0 Å². The molecule has 1 aromatic heterocycles. The molecule has 1 aromatic rings. The molecule has 0 unspecified atom stereocenters. The Hall–Kier alpha value is -1.36. The van der Waals surface area contributed by atoms with Crippen molar-refractivity contribution in [2.45, 2.75) is 13.8 Å². The number of nitrogens with two attached hydrogens (primary N) is 1. The number of hydrogen-bond donors (Lipinski definition) is 2. The normalized spacial score (nSPS) is 11.4. The third kappa shape index (κ3) is 2.85. The first-order valence-corrected chi connectivity index (χ1v) is 4.43. The van der Waals surface area contributed by atoms with E-state index in [4.69, 9.17) is 5.73 Å². The van der Waals surface area contributed by atoms with Crippen molar-refractivity contribution in [1.82, 2.24) is 10.5 Å². The van der Waals surface area contributed by atoms with Gasteiger partial charge in [-0.15, -0.1) is 0 Å². The van der Waals surface area contributed by atoms with E-state index in [1.54, 1.807) is 0 Å². The molecule has 0 aliphatic rings. The highest BCUT2D eigenvalue weighted by atomic mass is 16.5. The Bertz CT molecular complexity index is 293. The predicted molar refractivity (Wildman–Crippen MR) is 51.7 cm³/mol. The molecular weight excluding hydrogens is 182 g/mol. The molecular formula is C9H15N3O2. The standard InChI is InChI=1S/C9H15N3O2/c1-9(2,5-10)6-11-8(13)7-3-12-14-4-7/h3-4H,5-6,10H2,1-2H3,(H,11,13). The topological polar surface area (TPSA) is 81.1 Å². The minimum atomic E-state index is -0.187. The summed E-state index contributed by atoms with van der Waals surface area (Å²) in [6.07, 6.45) is 2.69. The summed E-state index contributed by atoms with van der Waals surface area (Å²) in [5.74, 6) is -0.187. The van der Waals surface area contributed by atoms with Gasteiger partial charge in [0.25, 0.3) is 5.91 Å². The SMILES string of the molecule is CC(C)(CN)CNC(=O)c1cnoc1. The van der Waals surface area contributed by atoms with Crippen molar-refractivity contribution in [2.24, 2.45) is 11.1 Å². The number of amides is 1. The van der Waals surface area contributed by atoms with E-state index in [0.29, 0.717) is 18.7 Å². The van der Waals surface area contributed by atoms with Crippen molar-refractivity contribution in [1.29, 1.82) is 0 Å². The summed E-state index contributed by atoms with van der Waals surface area (Å²) >= 11 is 0. The van der Waals surface area contributed by atoms with E-state index in [1.165, 1.54) is 12.5 Å². The number of carbonyl (C=O) groups is 1. The van der Waals surface area contributed by atoms with Crippen LogP contribution < -0.4 is 11.1 Å². The van der Waals surface area contributed by atoms with Gasteiger partial charge in [-0.1, -0.05) is 19.0 Å². The first-order chi connectivity index (χ1) is 6.55. The number of carbonyl (C=O) groups excluding carboxylic acids is 1. The van der Waals surface area contributed by atoms with Crippen LogP contribution in [0.4, 0.5) is 0 Å². The molecule has 0 aliphatic heterocycles. The maximum absolute atomic E-state index is 11.4. The van der Waals surface area contributed by atoms with Gasteiger partial charge in [0.15, 0.2) is 0 Å². The molecule has 0 spiro atoms. The molecule has 0 aromatic carbocycles. The zero-order valence-electron chi connectivity index (χ0n) is 8.41. The van der Waals surface area contributed by atoms with Crippen molar-refractivity contribution >= 4 is 5.91 Å². The average Bonchev–Trinajstić information content (AvgIpc) is 2.67. The molecule has 14 heavy (non-hydrogen) atoms. The zero-order valence-corrected chi connectivity index (χ0v) is 8.41. The molecule has 0 saturated carbocycles. The highest BCUT2D eigenvalue weighted by Crippen LogP contribution is 2.10. The van der Waals surface area contributed by atoms with Gasteiger partial charge in [0.1, 0.15) is 6.26 Å². The van der Waals surface area contributed by atoms with E-state index < -0.39 is 0 Å². The molecule has 3 N–H and O–H groups in total. The molecule has 1 heterocycles. The van der Waals surface area contributed by atoms with Crippen LogP contribution in [0.25, 0.3) is 0 Å². The second-order valence-electron chi connectivity index (χ2n) is 3.96. The molecule has 0 fully saturated rings. The summed E-state index contributed by atoms with van der Waals surface area (Å²) < 4.78 is 4.56. The number of aromatic nitrogens is 1. The van der Waals surface area contributed by atoms with Crippen molar-refractivity contribution in [2.75, 3.05) is 13.1 Å². The predicted octanol–water partition coefficient (Wildman–Crippen LogP) is 0.389. The summed E-state index contributed by atoms with van der Waals surface area (Å²) in [5.41, 5.74) is 5.87. The minimum absolute atomic E-state index is 0.0905. The number of nitrogens with zero attached hydrogens (tertiary/aromatic N) is 1. The molecule has 0 radical (unpaired) electrons. The summed E-state index contributed by atoms with van der Waals surface area (Å²) in [6, 6.07) is 0. The Morgan fingerprint density at radius 3 is 2.93 bits per heavy atom. The third-order valence-corrected chi connectivity index (χ3v) is 1.97. The van der Waals surface area contributed by atoms with Crippen molar-refractivity contribution < 1.29 is 9.32 Å². The first-order valence-electron chi connectivity index (χ1n) is 4.43. The summed E-state index contributed by atoms with van der Waals surface area (Å²) in [4.78, 5) is 11.4. The van der Waals surface area contributed by atoms with Gasteiger partial charge in [0.2, 0.25) is 0 Å². The molecule has 0 bridgehead atoms. The number of nitrogens with one attached hydrogen (secondary N) is 1. The van der Waals surface area contributed by atoms with E-state index >= 15 is 0 Å². The lowest BCUT2D eigenvalue weighted by molar-refractivity contribution is 0.0937. The van der Waals surface area contributed by atoms with Crippen LogP contribution in [-0.2, 0) is 0 Å². The van der Waals surface area contributed by atoms with Gasteiger partial charge in [-0.25, -0.2) is 0 Å². The summed E-state index contributed by atoms with van der Waals surface area (Å²) in [7, 11) is 0. The van der Waals surface area contributed by atoms with Crippen LogP contribution in [-0.4, -0.2) is 24.2 Å². The Kier molecular flexibility index (Phi) is 3.24. The molecule has 1 rings (SSSR count). The maximum Gasteiger partial charge on any atom is 0.256 e. The Morgan fingerprint density at radius 2 is 2.43 bits per heavy atom. The summed E-state index contributed by atoms with van der Waals surface area (Å²) in [5, 5.41) is 6.20. The van der Waals surface area contributed by atoms with Gasteiger partial charge in [-0.3, -0.25) is 4.79 Å². The fourth-order valence-corrected chi connectivity index (χ4v) is 0.811. The first kappa shape index (κ1) is 10.7. The monoisotopic (exact) mass is 197 g/mol. The van der Waals surface area contributed by atoms with Gasteiger partial charge in [0.05, 0.1) is 11.8 Å².